The van der Waals surface area contributed by atoms with Crippen LogP contribution >= 0.6 is 35.4 Å². The minimum atomic E-state index is -0.590. The number of thiocarbonyl (C=S) groups is 1. The molecule has 1 N–H and O–H groups in total. The van der Waals surface area contributed by atoms with Gasteiger partial charge in [-0.1, -0.05) is 35.3 Å². The molecule has 2 aromatic carbocycles. The maximum Gasteiger partial charge on any atom is 0.270 e. The molecule has 8 heteroatoms. The van der Waals surface area contributed by atoms with E-state index in [1.165, 1.54) is 17.0 Å². The van der Waals surface area contributed by atoms with Crippen LogP contribution in [0.1, 0.15) is 12.5 Å². The fourth-order valence-corrected chi connectivity index (χ4v) is 3.29. The highest BCUT2D eigenvalue weighted by Crippen LogP contribution is 2.28. The molecule has 5 nitrogen and oxygen atoms in total. The van der Waals surface area contributed by atoms with Gasteiger partial charge in [-0.2, -0.15) is 0 Å². The van der Waals surface area contributed by atoms with Gasteiger partial charge in [-0.3, -0.25) is 19.8 Å². The lowest BCUT2D eigenvalue weighted by atomic mass is 10.1. The monoisotopic (exact) mass is 420 g/mol. The van der Waals surface area contributed by atoms with E-state index in [0.717, 1.165) is 0 Å². The summed E-state index contributed by atoms with van der Waals surface area (Å²) in [5, 5.41) is 3.31. The molecule has 3 rings (SSSR count). The Hall–Kier alpha value is -2.41. The first-order valence-electron chi connectivity index (χ1n) is 8.00. The number of hydrogen-bond acceptors (Lipinski definition) is 4. The Morgan fingerprint density at radius 1 is 1.19 bits per heavy atom. The van der Waals surface area contributed by atoms with Crippen LogP contribution in [0.3, 0.4) is 0 Å². The second-order valence-corrected chi connectivity index (χ2v) is 6.78. The van der Waals surface area contributed by atoms with Crippen molar-refractivity contribution in [1.29, 1.82) is 0 Å². The predicted molar refractivity (Wildman–Crippen MR) is 110 cm³/mol. The van der Waals surface area contributed by atoms with Gasteiger partial charge in [-0.05, 0) is 55.0 Å². The molecule has 2 aromatic rings. The van der Waals surface area contributed by atoms with E-state index < -0.39 is 11.8 Å². The summed E-state index contributed by atoms with van der Waals surface area (Å²) >= 11 is 17.2. The number of rotatable bonds is 4. The van der Waals surface area contributed by atoms with Gasteiger partial charge in [0.25, 0.3) is 11.8 Å². The average molecular weight is 421 g/mol. The number of nitrogens with zero attached hydrogens (tertiary/aromatic N) is 1. The minimum absolute atomic E-state index is 0.00185. The van der Waals surface area contributed by atoms with Crippen LogP contribution < -0.4 is 15.0 Å². The highest BCUT2D eigenvalue weighted by atomic mass is 35.5. The molecule has 1 heterocycles. The average Bonchev–Trinajstić information content (AvgIpc) is 2.60. The number of benzene rings is 2. The summed E-state index contributed by atoms with van der Waals surface area (Å²) in [4.78, 5) is 26.6. The number of carbonyl (C=O) groups is 2. The molecular weight excluding hydrogens is 407 g/mol. The van der Waals surface area contributed by atoms with Gasteiger partial charge in [0.05, 0.1) is 12.3 Å². The first-order valence-corrected chi connectivity index (χ1v) is 9.16. The summed E-state index contributed by atoms with van der Waals surface area (Å²) in [6.45, 7) is 2.35. The van der Waals surface area contributed by atoms with E-state index in [2.05, 4.69) is 5.32 Å². The Bertz CT molecular complexity index is 975. The second kappa shape index (κ2) is 8.08. The normalized spacial score (nSPS) is 15.9. The van der Waals surface area contributed by atoms with Crippen molar-refractivity contribution in [2.75, 3.05) is 11.5 Å². The van der Waals surface area contributed by atoms with Gasteiger partial charge in [-0.25, -0.2) is 0 Å². The fraction of sp³-hybridized carbons (Fsp3) is 0.105. The van der Waals surface area contributed by atoms with E-state index in [-0.39, 0.29) is 10.7 Å². The van der Waals surface area contributed by atoms with Crippen molar-refractivity contribution in [3.8, 4) is 5.75 Å². The summed E-state index contributed by atoms with van der Waals surface area (Å²) < 4.78 is 5.47. The summed E-state index contributed by atoms with van der Waals surface area (Å²) in [5.74, 6) is -0.551. The molecule has 0 aromatic heterocycles. The van der Waals surface area contributed by atoms with E-state index in [1.54, 1.807) is 36.4 Å². The van der Waals surface area contributed by atoms with Crippen LogP contribution in [0.25, 0.3) is 6.08 Å². The molecule has 27 heavy (non-hydrogen) atoms. The topological polar surface area (TPSA) is 58.6 Å². The van der Waals surface area contributed by atoms with E-state index in [4.69, 9.17) is 40.2 Å². The molecule has 0 radical (unpaired) electrons. The Kier molecular flexibility index (Phi) is 5.79. The third kappa shape index (κ3) is 4.13. The summed E-state index contributed by atoms with van der Waals surface area (Å²) in [6.07, 6.45) is 1.41. The van der Waals surface area contributed by atoms with Crippen LogP contribution in [0.4, 0.5) is 5.69 Å². The largest absolute Gasteiger partial charge is 0.494 e. The molecule has 0 atom stereocenters. The summed E-state index contributed by atoms with van der Waals surface area (Å²) in [7, 11) is 0. The fourth-order valence-electron chi connectivity index (χ4n) is 2.55. The van der Waals surface area contributed by atoms with Crippen molar-refractivity contribution in [3.63, 3.8) is 0 Å². The molecule has 0 saturated carbocycles. The SMILES string of the molecule is CCOc1cccc(N2C(=O)/C(=C/c3ccc(Cl)cc3Cl)C(=O)NC2=S)c1. The standard InChI is InChI=1S/C19H14Cl2N2O3S/c1-2-26-14-5-3-4-13(10-14)23-18(25)15(17(24)22-19(23)27)8-11-6-7-12(20)9-16(11)21/h3-10H,2H2,1H3,(H,22,24,27)/b15-8+. The molecule has 1 saturated heterocycles. The van der Waals surface area contributed by atoms with E-state index >= 15 is 0 Å². The van der Waals surface area contributed by atoms with Crippen molar-refractivity contribution in [3.05, 3.63) is 63.6 Å². The molecule has 138 valence electrons. The van der Waals surface area contributed by atoms with Crippen molar-refractivity contribution in [2.45, 2.75) is 6.92 Å². The molecule has 1 aliphatic rings. The lowest BCUT2D eigenvalue weighted by Crippen LogP contribution is -2.54. The first-order chi connectivity index (χ1) is 12.9. The van der Waals surface area contributed by atoms with Gasteiger partial charge in [0, 0.05) is 16.1 Å². The predicted octanol–water partition coefficient (Wildman–Crippen LogP) is 4.22. The quantitative estimate of drug-likeness (QED) is 0.456. The van der Waals surface area contributed by atoms with Crippen molar-refractivity contribution in [2.24, 2.45) is 0 Å². The summed E-state index contributed by atoms with van der Waals surface area (Å²) in [5.41, 5.74) is 0.897. The van der Waals surface area contributed by atoms with E-state index in [9.17, 15) is 9.59 Å². The van der Waals surface area contributed by atoms with Gasteiger partial charge in [0.2, 0.25) is 0 Å². The van der Waals surface area contributed by atoms with Crippen LogP contribution in [0.15, 0.2) is 48.0 Å². The summed E-state index contributed by atoms with van der Waals surface area (Å²) in [6, 6.07) is 11.7. The highest BCUT2D eigenvalue weighted by Gasteiger charge is 2.34. The molecule has 2 amide bonds. The second-order valence-electron chi connectivity index (χ2n) is 5.55. The molecule has 0 spiro atoms. The zero-order valence-corrected chi connectivity index (χ0v) is 16.5. The van der Waals surface area contributed by atoms with Gasteiger partial charge >= 0.3 is 0 Å². The zero-order chi connectivity index (χ0) is 19.6. The maximum absolute atomic E-state index is 13.0. The zero-order valence-electron chi connectivity index (χ0n) is 14.2. The molecule has 0 unspecified atom stereocenters. The highest BCUT2D eigenvalue weighted by molar-refractivity contribution is 7.80. The molecule has 0 aliphatic carbocycles. The number of ether oxygens (including phenoxy) is 1. The lowest BCUT2D eigenvalue weighted by molar-refractivity contribution is -0.122. The van der Waals surface area contributed by atoms with Crippen LogP contribution in [-0.2, 0) is 9.59 Å². The van der Waals surface area contributed by atoms with E-state index in [0.29, 0.717) is 33.7 Å². The third-order valence-corrected chi connectivity index (χ3v) is 4.60. The van der Waals surface area contributed by atoms with Gasteiger partial charge < -0.3 is 4.74 Å². The Morgan fingerprint density at radius 2 is 1.96 bits per heavy atom. The Morgan fingerprint density at radius 3 is 2.67 bits per heavy atom. The molecule has 1 fully saturated rings. The van der Waals surface area contributed by atoms with Crippen molar-refractivity contribution < 1.29 is 14.3 Å². The Balaban J connectivity index is 2.01. The van der Waals surface area contributed by atoms with Gasteiger partial charge in [0.1, 0.15) is 11.3 Å². The Labute approximate surface area is 171 Å². The number of hydrogen-bond donors (Lipinski definition) is 1. The lowest BCUT2D eigenvalue weighted by Gasteiger charge is -2.29. The molecule has 0 bridgehead atoms. The number of nitrogens with one attached hydrogen (secondary N) is 1. The van der Waals surface area contributed by atoms with Crippen LogP contribution in [-0.4, -0.2) is 23.5 Å². The number of halogens is 2. The maximum atomic E-state index is 13.0. The molecular formula is C19H14Cl2N2O3S. The third-order valence-electron chi connectivity index (χ3n) is 3.75. The molecule has 1 aliphatic heterocycles. The van der Waals surface area contributed by atoms with Gasteiger partial charge in [0.15, 0.2) is 5.11 Å². The van der Waals surface area contributed by atoms with Crippen molar-refractivity contribution >= 4 is 64.1 Å². The van der Waals surface area contributed by atoms with Crippen molar-refractivity contribution in [1.82, 2.24) is 5.32 Å². The smallest absolute Gasteiger partial charge is 0.270 e. The minimum Gasteiger partial charge on any atom is -0.494 e. The van der Waals surface area contributed by atoms with Crippen LogP contribution in [0.2, 0.25) is 10.0 Å². The number of anilines is 1. The van der Waals surface area contributed by atoms with Crippen LogP contribution in [0.5, 0.6) is 5.75 Å². The van der Waals surface area contributed by atoms with Crippen LogP contribution in [0, 0.1) is 0 Å². The van der Waals surface area contributed by atoms with Gasteiger partial charge in [-0.15, -0.1) is 0 Å². The first kappa shape index (κ1) is 19.4. The number of amides is 2. The number of carbonyl (C=O) groups excluding carboxylic acids is 2. The van der Waals surface area contributed by atoms with E-state index in [1.807, 2.05) is 6.92 Å².